The third kappa shape index (κ3) is 1.32. The minimum atomic E-state index is -1.37. The van der Waals surface area contributed by atoms with Gasteiger partial charge in [-0.2, -0.15) is 4.39 Å². The Morgan fingerprint density at radius 3 is 3.14 bits per heavy atom. The van der Waals surface area contributed by atoms with Crippen molar-refractivity contribution in [2.45, 2.75) is 6.36 Å². The second-order valence-corrected chi connectivity index (χ2v) is 3.22. The number of aldehydes is 1. The van der Waals surface area contributed by atoms with Crippen LogP contribution in [-0.4, -0.2) is 26.2 Å². The van der Waals surface area contributed by atoms with Crippen molar-refractivity contribution in [3.05, 3.63) is 23.8 Å². The molecule has 0 saturated heterocycles. The molecule has 3 nitrogen and oxygen atoms in total. The number of para-hydroxylation sites is 1. The number of hydrogen-bond donors (Lipinski definition) is 0. The summed E-state index contributed by atoms with van der Waals surface area (Å²) in [4.78, 5) is 12.4. The molecule has 0 saturated carbocycles. The first-order valence-corrected chi connectivity index (χ1v) is 4.32. The Labute approximate surface area is 81.1 Å². The molecule has 1 aromatic rings. The van der Waals surface area contributed by atoms with E-state index < -0.39 is 6.36 Å². The van der Waals surface area contributed by atoms with E-state index in [0.29, 0.717) is 17.6 Å². The summed E-state index contributed by atoms with van der Waals surface area (Å²) >= 11 is 0. The molecule has 1 aromatic carbocycles. The number of fused-ring (bicyclic) bond motifs is 1. The summed E-state index contributed by atoms with van der Waals surface area (Å²) in [5.74, 6) is 0.337. The molecule has 2 rings (SSSR count). The van der Waals surface area contributed by atoms with Crippen LogP contribution in [0.1, 0.15) is 10.4 Å². The molecule has 1 aliphatic rings. The van der Waals surface area contributed by atoms with Crippen LogP contribution < -0.4 is 9.64 Å². The van der Waals surface area contributed by atoms with Crippen LogP contribution >= 0.6 is 0 Å². The summed E-state index contributed by atoms with van der Waals surface area (Å²) < 4.78 is 18.0. The summed E-state index contributed by atoms with van der Waals surface area (Å²) in [5.41, 5.74) is 1.14. The largest absolute Gasteiger partial charge is 0.456 e. The number of carbonyl (C=O) groups excluding carboxylic acids is 1. The molecular weight excluding hydrogens is 185 g/mol. The van der Waals surface area contributed by atoms with Gasteiger partial charge in [-0.05, 0) is 12.1 Å². The molecule has 4 heteroatoms. The standard InChI is InChI=1S/C10H10FNO2/c1-12-5-9(11)14-10-7(6-13)3-2-4-8(10)12/h2-4,6,9H,5H2,1H3. The minimum absolute atomic E-state index is 0.190. The van der Waals surface area contributed by atoms with Crippen molar-refractivity contribution in [3.63, 3.8) is 0 Å². The first kappa shape index (κ1) is 8.99. The van der Waals surface area contributed by atoms with Crippen LogP contribution in [0.5, 0.6) is 5.75 Å². The fourth-order valence-electron chi connectivity index (χ4n) is 1.54. The zero-order valence-electron chi connectivity index (χ0n) is 7.74. The van der Waals surface area contributed by atoms with Gasteiger partial charge >= 0.3 is 0 Å². The third-order valence-corrected chi connectivity index (χ3v) is 2.23. The zero-order chi connectivity index (χ0) is 10.1. The minimum Gasteiger partial charge on any atom is -0.456 e. The smallest absolute Gasteiger partial charge is 0.255 e. The molecule has 0 aliphatic carbocycles. The third-order valence-electron chi connectivity index (χ3n) is 2.23. The van der Waals surface area contributed by atoms with Crippen LogP contribution in [0, 0.1) is 0 Å². The quantitative estimate of drug-likeness (QED) is 0.638. The molecule has 0 aromatic heterocycles. The van der Waals surface area contributed by atoms with E-state index in [1.54, 1.807) is 30.1 Å². The van der Waals surface area contributed by atoms with Crippen molar-refractivity contribution in [3.8, 4) is 5.75 Å². The molecule has 0 spiro atoms. The maximum absolute atomic E-state index is 13.0. The van der Waals surface area contributed by atoms with Gasteiger partial charge in [0.1, 0.15) is 0 Å². The molecule has 1 aliphatic heterocycles. The van der Waals surface area contributed by atoms with Crippen LogP contribution in [0.2, 0.25) is 0 Å². The van der Waals surface area contributed by atoms with Gasteiger partial charge in [0, 0.05) is 7.05 Å². The Hall–Kier alpha value is -1.58. The molecule has 0 radical (unpaired) electrons. The number of alkyl halides is 1. The molecule has 0 bridgehead atoms. The number of carbonyl (C=O) groups is 1. The summed E-state index contributed by atoms with van der Waals surface area (Å²) in [5, 5.41) is 0. The van der Waals surface area contributed by atoms with Gasteiger partial charge < -0.3 is 9.64 Å². The monoisotopic (exact) mass is 195 g/mol. The molecule has 1 atom stereocenters. The lowest BCUT2D eigenvalue weighted by Gasteiger charge is -2.30. The van der Waals surface area contributed by atoms with Crippen molar-refractivity contribution in [2.24, 2.45) is 0 Å². The van der Waals surface area contributed by atoms with Crippen LogP contribution in [0.3, 0.4) is 0 Å². The number of halogens is 1. The Morgan fingerprint density at radius 1 is 1.64 bits per heavy atom. The molecule has 14 heavy (non-hydrogen) atoms. The van der Waals surface area contributed by atoms with Crippen molar-refractivity contribution >= 4 is 12.0 Å². The zero-order valence-corrected chi connectivity index (χ0v) is 7.74. The van der Waals surface area contributed by atoms with E-state index in [9.17, 15) is 9.18 Å². The second-order valence-electron chi connectivity index (χ2n) is 3.22. The molecule has 1 unspecified atom stereocenters. The number of ether oxygens (including phenoxy) is 1. The fourth-order valence-corrected chi connectivity index (χ4v) is 1.54. The van der Waals surface area contributed by atoms with Crippen molar-refractivity contribution in [1.82, 2.24) is 0 Å². The van der Waals surface area contributed by atoms with Crippen LogP contribution in [0.4, 0.5) is 10.1 Å². The molecule has 0 fully saturated rings. The summed E-state index contributed by atoms with van der Waals surface area (Å²) in [7, 11) is 1.77. The Balaban J connectivity index is 2.52. The van der Waals surface area contributed by atoms with Gasteiger partial charge in [-0.15, -0.1) is 0 Å². The fraction of sp³-hybridized carbons (Fsp3) is 0.300. The summed E-state index contributed by atoms with van der Waals surface area (Å²) in [6, 6.07) is 5.16. The number of likely N-dealkylation sites (N-methyl/N-ethyl adjacent to an activating group) is 1. The van der Waals surface area contributed by atoms with Crippen molar-refractivity contribution in [1.29, 1.82) is 0 Å². The van der Waals surface area contributed by atoms with E-state index >= 15 is 0 Å². The van der Waals surface area contributed by atoms with E-state index in [1.165, 1.54) is 0 Å². The maximum atomic E-state index is 13.0. The lowest BCUT2D eigenvalue weighted by molar-refractivity contribution is 0.0656. The van der Waals surface area contributed by atoms with Crippen LogP contribution in [0.25, 0.3) is 0 Å². The van der Waals surface area contributed by atoms with Gasteiger partial charge in [-0.25, -0.2) is 0 Å². The van der Waals surface area contributed by atoms with E-state index in [1.807, 2.05) is 0 Å². The average Bonchev–Trinajstić information content (AvgIpc) is 2.17. The van der Waals surface area contributed by atoms with E-state index in [4.69, 9.17) is 4.74 Å². The average molecular weight is 195 g/mol. The van der Waals surface area contributed by atoms with Gasteiger partial charge in [0.2, 0.25) is 0 Å². The topological polar surface area (TPSA) is 29.5 Å². The highest BCUT2D eigenvalue weighted by Crippen LogP contribution is 2.35. The SMILES string of the molecule is CN1CC(F)Oc2c(C=O)cccc21. The second kappa shape index (κ2) is 3.29. The van der Waals surface area contributed by atoms with E-state index in [0.717, 1.165) is 5.69 Å². The highest BCUT2D eigenvalue weighted by molar-refractivity contribution is 5.84. The first-order valence-electron chi connectivity index (χ1n) is 4.32. The van der Waals surface area contributed by atoms with Gasteiger partial charge in [0.25, 0.3) is 6.36 Å². The first-order chi connectivity index (χ1) is 6.72. The Kier molecular flexibility index (Phi) is 2.11. The molecule has 0 N–H and O–H groups in total. The maximum Gasteiger partial charge on any atom is 0.255 e. The van der Waals surface area contributed by atoms with E-state index in [-0.39, 0.29) is 6.54 Å². The summed E-state index contributed by atoms with van der Waals surface area (Å²) in [6.07, 6.45) is -0.696. The van der Waals surface area contributed by atoms with Crippen LogP contribution in [0.15, 0.2) is 18.2 Å². The van der Waals surface area contributed by atoms with Crippen LogP contribution in [-0.2, 0) is 0 Å². The highest BCUT2D eigenvalue weighted by atomic mass is 19.1. The predicted molar refractivity (Wildman–Crippen MR) is 50.6 cm³/mol. The molecule has 74 valence electrons. The van der Waals surface area contributed by atoms with Gasteiger partial charge in [-0.3, -0.25) is 4.79 Å². The summed E-state index contributed by atoms with van der Waals surface area (Å²) in [6.45, 7) is 0.190. The number of rotatable bonds is 1. The van der Waals surface area contributed by atoms with Gasteiger partial charge in [0.05, 0.1) is 17.8 Å². The number of nitrogens with zero attached hydrogens (tertiary/aromatic N) is 1. The molecular formula is C10H10FNO2. The predicted octanol–water partition coefficient (Wildman–Crippen LogP) is 1.62. The Bertz CT molecular complexity index is 367. The van der Waals surface area contributed by atoms with Crippen molar-refractivity contribution < 1.29 is 13.9 Å². The highest BCUT2D eigenvalue weighted by Gasteiger charge is 2.24. The lowest BCUT2D eigenvalue weighted by Crippen LogP contribution is -2.35. The number of hydrogen-bond acceptors (Lipinski definition) is 3. The number of benzene rings is 1. The van der Waals surface area contributed by atoms with Gasteiger partial charge in [0.15, 0.2) is 12.0 Å². The van der Waals surface area contributed by atoms with E-state index in [2.05, 4.69) is 0 Å². The molecule has 1 heterocycles. The van der Waals surface area contributed by atoms with Gasteiger partial charge in [-0.1, -0.05) is 6.07 Å². The normalized spacial score (nSPS) is 19.9. The lowest BCUT2D eigenvalue weighted by atomic mass is 10.1. The Morgan fingerprint density at radius 2 is 2.43 bits per heavy atom. The molecule has 0 amide bonds. The van der Waals surface area contributed by atoms with Crippen molar-refractivity contribution in [2.75, 3.05) is 18.5 Å². The number of anilines is 1.